The quantitative estimate of drug-likeness (QED) is 0.798. The lowest BCUT2D eigenvalue weighted by Gasteiger charge is -2.32. The molecule has 0 heterocycles. The smallest absolute Gasteiger partial charge is 0.223 e. The van der Waals surface area contributed by atoms with Crippen molar-refractivity contribution in [2.45, 2.75) is 63.8 Å². The van der Waals surface area contributed by atoms with Crippen molar-refractivity contribution in [1.29, 1.82) is 0 Å². The molecular weight excluding hydrogens is 222 g/mol. The van der Waals surface area contributed by atoms with Crippen molar-refractivity contribution < 1.29 is 4.79 Å². The number of carbonyl (C=O) groups excluding carboxylic acids is 1. The third kappa shape index (κ3) is 1.64. The van der Waals surface area contributed by atoms with Crippen molar-refractivity contribution >= 4 is 5.91 Å². The molecule has 4 saturated carbocycles. The fraction of sp³-hybridized carbons (Fsp3) is 0.938. The number of rotatable bonds is 2. The molecule has 0 aromatic heterocycles. The zero-order chi connectivity index (χ0) is 12.1. The summed E-state index contributed by atoms with van der Waals surface area (Å²) in [7, 11) is 0. The zero-order valence-corrected chi connectivity index (χ0v) is 11.2. The van der Waals surface area contributed by atoms with E-state index >= 15 is 0 Å². The van der Waals surface area contributed by atoms with E-state index in [2.05, 4.69) is 5.32 Å². The second-order valence-electron chi connectivity index (χ2n) is 7.25. The Kier molecular flexibility index (Phi) is 2.67. The molecule has 2 heteroatoms. The molecule has 100 valence electrons. The van der Waals surface area contributed by atoms with Gasteiger partial charge in [-0.3, -0.25) is 4.79 Å². The first kappa shape index (κ1) is 11.3. The number of amides is 1. The number of nitrogens with one attached hydrogen (secondary N) is 1. The Morgan fingerprint density at radius 3 is 2.44 bits per heavy atom. The number of fused-ring (bicyclic) bond motifs is 5. The number of hydrogen-bond acceptors (Lipinski definition) is 1. The van der Waals surface area contributed by atoms with Gasteiger partial charge in [0.05, 0.1) is 0 Å². The first-order valence-corrected chi connectivity index (χ1v) is 8.13. The van der Waals surface area contributed by atoms with Crippen LogP contribution in [0.3, 0.4) is 0 Å². The van der Waals surface area contributed by atoms with Crippen LogP contribution in [0.15, 0.2) is 0 Å². The highest BCUT2D eigenvalue weighted by Gasteiger charge is 2.54. The van der Waals surface area contributed by atoms with Gasteiger partial charge in [0.2, 0.25) is 5.91 Å². The Morgan fingerprint density at radius 2 is 1.61 bits per heavy atom. The minimum atomic E-state index is 0.350. The Hall–Kier alpha value is -0.530. The summed E-state index contributed by atoms with van der Waals surface area (Å²) >= 11 is 0. The lowest BCUT2D eigenvalue weighted by atomic mass is 9.79. The van der Waals surface area contributed by atoms with Gasteiger partial charge < -0.3 is 5.32 Å². The third-order valence-corrected chi connectivity index (χ3v) is 6.48. The second-order valence-corrected chi connectivity index (χ2v) is 7.25. The summed E-state index contributed by atoms with van der Waals surface area (Å²) in [6.07, 6.45) is 11.9. The van der Waals surface area contributed by atoms with E-state index in [-0.39, 0.29) is 0 Å². The predicted molar refractivity (Wildman–Crippen MR) is 70.9 cm³/mol. The van der Waals surface area contributed by atoms with E-state index < -0.39 is 0 Å². The van der Waals surface area contributed by atoms with E-state index in [1.165, 1.54) is 44.9 Å². The highest BCUT2D eigenvalue weighted by molar-refractivity contribution is 5.79. The topological polar surface area (TPSA) is 29.1 Å². The van der Waals surface area contributed by atoms with Crippen LogP contribution in [0.5, 0.6) is 0 Å². The predicted octanol–water partition coefficient (Wildman–Crippen LogP) is 3.12. The van der Waals surface area contributed by atoms with Gasteiger partial charge in [-0.25, -0.2) is 0 Å². The van der Waals surface area contributed by atoms with Gasteiger partial charge in [0.15, 0.2) is 0 Å². The average Bonchev–Trinajstić information content (AvgIpc) is 3.11. The van der Waals surface area contributed by atoms with E-state index in [9.17, 15) is 4.79 Å². The molecule has 0 spiro atoms. The fourth-order valence-electron chi connectivity index (χ4n) is 5.72. The van der Waals surface area contributed by atoms with Crippen LogP contribution in [0.4, 0.5) is 0 Å². The molecule has 0 saturated heterocycles. The van der Waals surface area contributed by atoms with Gasteiger partial charge in [-0.2, -0.15) is 0 Å². The summed E-state index contributed by atoms with van der Waals surface area (Å²) in [4.78, 5) is 12.3. The van der Waals surface area contributed by atoms with Crippen molar-refractivity contribution in [2.75, 3.05) is 0 Å². The molecule has 4 aliphatic rings. The highest BCUT2D eigenvalue weighted by Crippen LogP contribution is 2.58. The molecule has 0 radical (unpaired) electrons. The van der Waals surface area contributed by atoms with Crippen molar-refractivity contribution in [1.82, 2.24) is 5.32 Å². The molecule has 4 fully saturated rings. The largest absolute Gasteiger partial charge is 0.353 e. The minimum Gasteiger partial charge on any atom is -0.353 e. The van der Waals surface area contributed by atoms with Crippen LogP contribution >= 0.6 is 0 Å². The maximum Gasteiger partial charge on any atom is 0.223 e. The van der Waals surface area contributed by atoms with Gasteiger partial charge in [0.1, 0.15) is 0 Å². The molecule has 5 atom stereocenters. The van der Waals surface area contributed by atoms with Crippen molar-refractivity contribution in [2.24, 2.45) is 29.6 Å². The average molecular weight is 247 g/mol. The van der Waals surface area contributed by atoms with Crippen LogP contribution in [-0.4, -0.2) is 11.9 Å². The molecule has 18 heavy (non-hydrogen) atoms. The molecule has 0 aromatic carbocycles. The summed E-state index contributed by atoms with van der Waals surface area (Å²) in [5.41, 5.74) is 0. The Bertz CT molecular complexity index is 347. The molecule has 4 aliphatic carbocycles. The Labute approximate surface area is 110 Å². The lowest BCUT2D eigenvalue weighted by Crippen LogP contribution is -2.44. The van der Waals surface area contributed by atoms with Gasteiger partial charge in [0.25, 0.3) is 0 Å². The van der Waals surface area contributed by atoms with Gasteiger partial charge in [0, 0.05) is 12.0 Å². The summed E-state index contributed by atoms with van der Waals surface area (Å²) in [6, 6.07) is 0.544. The minimum absolute atomic E-state index is 0.350. The van der Waals surface area contributed by atoms with E-state index in [0.29, 0.717) is 17.9 Å². The molecule has 2 bridgehead atoms. The SMILES string of the molecule is O=C(N[C@@H]1C[C@H]2C[C@H]1[C@@H]1CCC[C@@H]21)C1CCCC1. The van der Waals surface area contributed by atoms with Crippen LogP contribution in [0.2, 0.25) is 0 Å². The van der Waals surface area contributed by atoms with Gasteiger partial charge in [-0.1, -0.05) is 19.3 Å². The molecule has 0 aliphatic heterocycles. The van der Waals surface area contributed by atoms with Crippen molar-refractivity contribution in [3.8, 4) is 0 Å². The Morgan fingerprint density at radius 1 is 0.833 bits per heavy atom. The first-order valence-electron chi connectivity index (χ1n) is 8.13. The Balaban J connectivity index is 1.40. The van der Waals surface area contributed by atoms with E-state index in [1.807, 2.05) is 0 Å². The highest BCUT2D eigenvalue weighted by atomic mass is 16.1. The monoisotopic (exact) mass is 247 g/mol. The number of carbonyl (C=O) groups is 1. The van der Waals surface area contributed by atoms with Gasteiger partial charge in [-0.15, -0.1) is 0 Å². The molecule has 4 rings (SSSR count). The lowest BCUT2D eigenvalue weighted by molar-refractivity contribution is -0.126. The second kappa shape index (κ2) is 4.25. The molecule has 1 N–H and O–H groups in total. The van der Waals surface area contributed by atoms with E-state index in [0.717, 1.165) is 36.5 Å². The molecular formula is C16H25NO. The van der Waals surface area contributed by atoms with Gasteiger partial charge >= 0.3 is 0 Å². The standard InChI is InChI=1S/C16H25NO/c18-16(10-4-1-2-5-10)17-15-9-11-8-14(15)13-7-3-6-12(11)13/h10-15H,1-9H2,(H,17,18)/t11-,12+,13-,14+,15-/m1/s1. The van der Waals surface area contributed by atoms with Crippen LogP contribution in [0.25, 0.3) is 0 Å². The summed E-state index contributed by atoms with van der Waals surface area (Å²) < 4.78 is 0. The normalized spacial score (nSPS) is 46.6. The third-order valence-electron chi connectivity index (χ3n) is 6.48. The zero-order valence-electron chi connectivity index (χ0n) is 11.2. The van der Waals surface area contributed by atoms with Crippen molar-refractivity contribution in [3.63, 3.8) is 0 Å². The van der Waals surface area contributed by atoms with E-state index in [1.54, 1.807) is 0 Å². The summed E-state index contributed by atoms with van der Waals surface area (Å²) in [6.45, 7) is 0. The van der Waals surface area contributed by atoms with Crippen molar-refractivity contribution in [3.05, 3.63) is 0 Å². The van der Waals surface area contributed by atoms with Crippen LogP contribution in [0, 0.1) is 29.6 Å². The van der Waals surface area contributed by atoms with Crippen LogP contribution in [0.1, 0.15) is 57.8 Å². The maximum absolute atomic E-state index is 12.3. The summed E-state index contributed by atoms with van der Waals surface area (Å²) in [5, 5.41) is 3.43. The molecule has 1 amide bonds. The fourth-order valence-corrected chi connectivity index (χ4v) is 5.72. The van der Waals surface area contributed by atoms with Gasteiger partial charge in [-0.05, 0) is 62.2 Å². The van der Waals surface area contributed by atoms with Crippen LogP contribution in [-0.2, 0) is 4.79 Å². The first-order chi connectivity index (χ1) is 8.83. The molecule has 0 unspecified atom stereocenters. The maximum atomic E-state index is 12.3. The van der Waals surface area contributed by atoms with Crippen LogP contribution < -0.4 is 5.32 Å². The number of hydrogen-bond donors (Lipinski definition) is 1. The summed E-state index contributed by atoms with van der Waals surface area (Å²) in [5.74, 6) is 4.54. The van der Waals surface area contributed by atoms with E-state index in [4.69, 9.17) is 0 Å². The molecule has 2 nitrogen and oxygen atoms in total. The molecule has 0 aromatic rings.